The third-order valence-electron chi connectivity index (χ3n) is 6.57. The Morgan fingerprint density at radius 1 is 1.19 bits per heavy atom. The van der Waals surface area contributed by atoms with E-state index in [1.54, 1.807) is 26.2 Å². The average Bonchev–Trinajstić information content (AvgIpc) is 3.18. The summed E-state index contributed by atoms with van der Waals surface area (Å²) in [6.07, 6.45) is -0.358. The van der Waals surface area contributed by atoms with Gasteiger partial charge < -0.3 is 25.1 Å². The second-order valence-corrected chi connectivity index (χ2v) is 9.01. The second kappa shape index (κ2) is 10.1. The molecule has 1 fully saturated rings. The monoisotopic (exact) mass is 499 g/mol. The summed E-state index contributed by atoms with van der Waals surface area (Å²) in [5, 5.41) is 15.8. The minimum atomic E-state index is -3.01. The first kappa shape index (κ1) is 25.4. The number of H-pyrrole nitrogens is 1. The summed E-state index contributed by atoms with van der Waals surface area (Å²) in [5.74, 6) is -2.78. The molecule has 1 aromatic heterocycles. The molecule has 1 aliphatic heterocycles. The molecule has 0 saturated carbocycles. The lowest BCUT2D eigenvalue weighted by atomic mass is 10.1. The van der Waals surface area contributed by atoms with Crippen LogP contribution in [0, 0.1) is 12.1 Å². The van der Waals surface area contributed by atoms with Gasteiger partial charge in [0.15, 0.2) is 5.69 Å². The molecule has 4 rings (SSSR count). The van der Waals surface area contributed by atoms with E-state index in [1.807, 2.05) is 6.07 Å². The van der Waals surface area contributed by atoms with Gasteiger partial charge in [-0.2, -0.15) is 0 Å². The van der Waals surface area contributed by atoms with Gasteiger partial charge in [-0.15, -0.1) is 0 Å². The fraction of sp³-hybridized carbons (Fsp3) is 0.385. The van der Waals surface area contributed by atoms with Crippen LogP contribution in [0.3, 0.4) is 0 Å². The molecule has 2 aromatic carbocycles. The number of nitrogens with one attached hydrogen (secondary N) is 2. The van der Waals surface area contributed by atoms with Crippen molar-refractivity contribution in [2.45, 2.75) is 26.2 Å². The third kappa shape index (κ3) is 4.99. The summed E-state index contributed by atoms with van der Waals surface area (Å²) in [6.45, 7) is 6.48. The van der Waals surface area contributed by atoms with Crippen LogP contribution in [-0.2, 0) is 5.92 Å². The lowest BCUT2D eigenvalue weighted by molar-refractivity contribution is -0.594. The number of halogens is 2. The Hall–Kier alpha value is -3.66. The SMILES string of the molecule is CCC(F)(F)c1cccc(NC(=O)c2c(C)[nH]c(-c3ccc(OC)c(N4CCN(C)CC4)c3)[n+]2[O-])c1. The highest BCUT2D eigenvalue weighted by Gasteiger charge is 2.30. The van der Waals surface area contributed by atoms with Crippen molar-refractivity contribution in [2.75, 3.05) is 50.6 Å². The lowest BCUT2D eigenvalue weighted by Crippen LogP contribution is -2.44. The first-order chi connectivity index (χ1) is 17.1. The van der Waals surface area contributed by atoms with Crippen LogP contribution in [-0.4, -0.2) is 56.1 Å². The number of ether oxygens (including phenoxy) is 1. The maximum absolute atomic E-state index is 14.1. The van der Waals surface area contributed by atoms with Crippen LogP contribution in [0.5, 0.6) is 5.75 Å². The van der Waals surface area contributed by atoms with Gasteiger partial charge in [0.05, 0.1) is 18.4 Å². The number of methoxy groups -OCH3 is 1. The summed E-state index contributed by atoms with van der Waals surface area (Å²) >= 11 is 0. The van der Waals surface area contributed by atoms with Crippen LogP contribution in [0.4, 0.5) is 20.2 Å². The number of aromatic amines is 1. The number of carbonyl (C=O) groups excluding carboxylic acids is 1. The second-order valence-electron chi connectivity index (χ2n) is 9.01. The summed E-state index contributed by atoms with van der Waals surface area (Å²) < 4.78 is 34.3. The minimum Gasteiger partial charge on any atom is -0.710 e. The highest BCUT2D eigenvalue weighted by atomic mass is 19.3. The molecule has 36 heavy (non-hydrogen) atoms. The van der Waals surface area contributed by atoms with Gasteiger partial charge in [0.1, 0.15) is 5.75 Å². The Balaban J connectivity index is 1.63. The number of hydrogen-bond donors (Lipinski definition) is 2. The average molecular weight is 500 g/mol. The molecule has 0 spiro atoms. The fourth-order valence-electron chi connectivity index (χ4n) is 4.35. The van der Waals surface area contributed by atoms with Gasteiger partial charge >= 0.3 is 0 Å². The van der Waals surface area contributed by atoms with Crippen molar-refractivity contribution in [1.82, 2.24) is 9.88 Å². The molecule has 2 N–H and O–H groups in total. The van der Waals surface area contributed by atoms with E-state index < -0.39 is 11.8 Å². The number of imidazole rings is 1. The van der Waals surface area contributed by atoms with Crippen molar-refractivity contribution >= 4 is 17.3 Å². The largest absolute Gasteiger partial charge is 0.710 e. The van der Waals surface area contributed by atoms with Crippen molar-refractivity contribution in [3.63, 3.8) is 0 Å². The van der Waals surface area contributed by atoms with Crippen LogP contribution in [0.2, 0.25) is 0 Å². The maximum Gasteiger partial charge on any atom is 0.300 e. The lowest BCUT2D eigenvalue weighted by Gasteiger charge is -2.34. The van der Waals surface area contributed by atoms with E-state index in [0.29, 0.717) is 21.7 Å². The molecule has 1 amide bonds. The van der Waals surface area contributed by atoms with E-state index in [-0.39, 0.29) is 29.2 Å². The Morgan fingerprint density at radius 2 is 1.92 bits per heavy atom. The molecule has 192 valence electrons. The minimum absolute atomic E-state index is 0.130. The zero-order chi connectivity index (χ0) is 26.0. The van der Waals surface area contributed by atoms with Crippen LogP contribution in [0.1, 0.15) is 35.1 Å². The number of nitrogens with zero attached hydrogens (tertiary/aromatic N) is 3. The predicted octanol–water partition coefficient (Wildman–Crippen LogP) is 4.14. The van der Waals surface area contributed by atoms with Gasteiger partial charge in [-0.1, -0.05) is 19.1 Å². The standard InChI is InChI=1S/C26H31F2N5O3/c1-5-26(27,28)19-7-6-8-20(16-19)30-25(34)23-17(2)29-24(33(23)35)18-9-10-22(36-4)21(15-18)32-13-11-31(3)12-14-32/h6-10,15-16,29H,5,11-14H2,1-4H3,(H,30,34). The molecule has 1 aliphatic rings. The molecule has 10 heteroatoms. The first-order valence-corrected chi connectivity index (χ1v) is 11.9. The maximum atomic E-state index is 14.1. The van der Waals surface area contributed by atoms with E-state index in [2.05, 4.69) is 27.1 Å². The van der Waals surface area contributed by atoms with Crippen LogP contribution in [0.25, 0.3) is 11.4 Å². The van der Waals surface area contributed by atoms with E-state index >= 15 is 0 Å². The molecule has 0 unspecified atom stereocenters. The first-order valence-electron chi connectivity index (χ1n) is 11.9. The van der Waals surface area contributed by atoms with E-state index in [0.717, 1.165) is 31.9 Å². The van der Waals surface area contributed by atoms with Crippen LogP contribution >= 0.6 is 0 Å². The van der Waals surface area contributed by atoms with Crippen molar-refractivity contribution in [3.8, 4) is 17.1 Å². The van der Waals surface area contributed by atoms with E-state index in [1.165, 1.54) is 31.2 Å². The smallest absolute Gasteiger partial charge is 0.300 e. The highest BCUT2D eigenvalue weighted by molar-refractivity contribution is 6.02. The Labute approximate surface area is 209 Å². The summed E-state index contributed by atoms with van der Waals surface area (Å²) in [7, 11) is 3.68. The molecule has 0 atom stereocenters. The van der Waals surface area contributed by atoms with Gasteiger partial charge in [0.25, 0.3) is 17.7 Å². The fourth-order valence-corrected chi connectivity index (χ4v) is 4.35. The van der Waals surface area contributed by atoms with Crippen molar-refractivity contribution in [3.05, 3.63) is 64.6 Å². The summed E-state index contributed by atoms with van der Waals surface area (Å²) in [6, 6.07) is 10.9. The molecule has 2 heterocycles. The zero-order valence-corrected chi connectivity index (χ0v) is 20.9. The molecule has 1 saturated heterocycles. The number of alkyl halides is 2. The number of anilines is 2. The number of hydrogen-bond acceptors (Lipinski definition) is 5. The quantitative estimate of drug-likeness (QED) is 0.377. The number of carbonyl (C=O) groups is 1. The number of aryl methyl sites for hydroxylation is 1. The topological polar surface area (TPSA) is 87.5 Å². The van der Waals surface area contributed by atoms with Crippen molar-refractivity contribution in [2.24, 2.45) is 0 Å². The molecule has 8 nitrogen and oxygen atoms in total. The van der Waals surface area contributed by atoms with E-state index in [9.17, 15) is 18.8 Å². The highest BCUT2D eigenvalue weighted by Crippen LogP contribution is 2.34. The molecular formula is C26H31F2N5O3. The Morgan fingerprint density at radius 3 is 2.58 bits per heavy atom. The molecule has 0 aliphatic carbocycles. The predicted molar refractivity (Wildman–Crippen MR) is 135 cm³/mol. The van der Waals surface area contributed by atoms with Gasteiger partial charge in [0, 0.05) is 50.8 Å². The molecule has 0 radical (unpaired) electrons. The molecular weight excluding hydrogens is 468 g/mol. The van der Waals surface area contributed by atoms with Gasteiger partial charge in [0.2, 0.25) is 5.69 Å². The number of rotatable bonds is 7. The Bertz CT molecular complexity index is 1250. The zero-order valence-electron chi connectivity index (χ0n) is 20.9. The number of piperazine rings is 1. The van der Waals surface area contributed by atoms with Crippen LogP contribution in [0.15, 0.2) is 42.5 Å². The molecule has 0 bridgehead atoms. The Kier molecular flexibility index (Phi) is 7.16. The number of likely N-dealkylation sites (N-methyl/N-ethyl adjacent to an activating group) is 1. The third-order valence-corrected chi connectivity index (χ3v) is 6.57. The summed E-state index contributed by atoms with van der Waals surface area (Å²) in [5.41, 5.74) is 1.70. The van der Waals surface area contributed by atoms with Gasteiger partial charge in [-0.3, -0.25) is 4.79 Å². The number of benzene rings is 2. The van der Waals surface area contributed by atoms with Gasteiger partial charge in [-0.05, 0) is 37.4 Å². The summed E-state index contributed by atoms with van der Waals surface area (Å²) in [4.78, 5) is 20.5. The number of amides is 1. The van der Waals surface area contributed by atoms with Gasteiger partial charge in [-0.25, -0.2) is 18.5 Å². The van der Waals surface area contributed by atoms with E-state index in [4.69, 9.17) is 4.74 Å². The molecule has 3 aromatic rings. The number of aromatic nitrogens is 2. The normalized spacial score (nSPS) is 14.7. The van der Waals surface area contributed by atoms with Crippen LogP contribution < -0.4 is 19.7 Å². The van der Waals surface area contributed by atoms with Crippen molar-refractivity contribution in [1.29, 1.82) is 0 Å². The van der Waals surface area contributed by atoms with Crippen molar-refractivity contribution < 1.29 is 23.0 Å².